The Morgan fingerprint density at radius 1 is 1.23 bits per heavy atom. The number of methoxy groups -OCH3 is 2. The number of carbonyl (C=O) groups is 1. The molecule has 4 heteroatoms. The summed E-state index contributed by atoms with van der Waals surface area (Å²) in [4.78, 5) is 12.3. The van der Waals surface area contributed by atoms with Crippen molar-refractivity contribution in [3.63, 3.8) is 0 Å². The third-order valence-corrected chi connectivity index (χ3v) is 3.51. The molecule has 0 spiro atoms. The van der Waals surface area contributed by atoms with Gasteiger partial charge in [-0.2, -0.15) is 0 Å². The number of Topliss-reactive ketones (excluding diaryl/α,β-unsaturated/α-hetero) is 1. The molecule has 0 unspecified atom stereocenters. The summed E-state index contributed by atoms with van der Waals surface area (Å²) in [5.41, 5.74) is 3.43. The molecule has 0 bridgehead atoms. The molecule has 1 aromatic carbocycles. The van der Waals surface area contributed by atoms with Crippen LogP contribution in [-0.2, 0) is 20.7 Å². The van der Waals surface area contributed by atoms with Crippen molar-refractivity contribution in [1.82, 2.24) is 0 Å². The van der Waals surface area contributed by atoms with Crippen LogP contribution < -0.4 is 4.74 Å². The number of rotatable bonds is 10. The average molecular weight is 306 g/mol. The maximum atomic E-state index is 12.3. The number of hydrogen-bond acceptors (Lipinski definition) is 4. The van der Waals surface area contributed by atoms with Gasteiger partial charge in [-0.15, -0.1) is 0 Å². The summed E-state index contributed by atoms with van der Waals surface area (Å²) >= 11 is 0. The predicted molar refractivity (Wildman–Crippen MR) is 88.2 cm³/mol. The van der Waals surface area contributed by atoms with Crippen LogP contribution in [-0.4, -0.2) is 33.4 Å². The molecule has 0 radical (unpaired) electrons. The van der Waals surface area contributed by atoms with E-state index in [0.29, 0.717) is 30.8 Å². The standard InChI is InChI=1S/C18H26O4/c1-6-7-16(19)14(3)18-15(10-11-20-4)13(2)8-9-17(18)22-12-21-5/h8-9H,3,6-7,10-12H2,1-2,4-5H3. The summed E-state index contributed by atoms with van der Waals surface area (Å²) in [6.45, 7) is 8.73. The highest BCUT2D eigenvalue weighted by atomic mass is 16.7. The van der Waals surface area contributed by atoms with Crippen molar-refractivity contribution in [1.29, 1.82) is 0 Å². The van der Waals surface area contributed by atoms with E-state index in [0.717, 1.165) is 23.1 Å². The Bertz CT molecular complexity index is 520. The molecule has 0 aliphatic rings. The number of allylic oxidation sites excluding steroid dienone is 1. The quantitative estimate of drug-likeness (QED) is 0.490. The lowest BCUT2D eigenvalue weighted by molar-refractivity contribution is -0.113. The number of aryl methyl sites for hydroxylation is 1. The molecule has 0 atom stereocenters. The van der Waals surface area contributed by atoms with Crippen LogP contribution in [0.1, 0.15) is 36.5 Å². The van der Waals surface area contributed by atoms with Crippen molar-refractivity contribution in [2.45, 2.75) is 33.1 Å². The van der Waals surface area contributed by atoms with E-state index in [9.17, 15) is 4.79 Å². The third kappa shape index (κ3) is 4.68. The first-order chi connectivity index (χ1) is 10.6. The topological polar surface area (TPSA) is 44.8 Å². The Labute approximate surface area is 133 Å². The molecule has 0 saturated heterocycles. The van der Waals surface area contributed by atoms with Gasteiger partial charge in [-0.05, 0) is 37.0 Å². The number of hydrogen-bond donors (Lipinski definition) is 0. The van der Waals surface area contributed by atoms with E-state index < -0.39 is 0 Å². The molecule has 4 nitrogen and oxygen atoms in total. The van der Waals surface area contributed by atoms with Crippen molar-refractivity contribution in [3.05, 3.63) is 35.4 Å². The van der Waals surface area contributed by atoms with E-state index in [4.69, 9.17) is 14.2 Å². The Morgan fingerprint density at radius 3 is 2.55 bits per heavy atom. The van der Waals surface area contributed by atoms with E-state index in [1.807, 2.05) is 26.0 Å². The average Bonchev–Trinajstić information content (AvgIpc) is 2.51. The number of benzene rings is 1. The lowest BCUT2D eigenvalue weighted by Crippen LogP contribution is -2.10. The normalized spacial score (nSPS) is 10.5. The van der Waals surface area contributed by atoms with Crippen LogP contribution in [0.25, 0.3) is 5.57 Å². The predicted octanol–water partition coefficient (Wildman–Crippen LogP) is 3.55. The van der Waals surface area contributed by atoms with Crippen LogP contribution in [0, 0.1) is 6.92 Å². The van der Waals surface area contributed by atoms with Crippen molar-refractivity contribution in [2.75, 3.05) is 27.6 Å². The molecule has 0 aromatic heterocycles. The molecule has 0 amide bonds. The van der Waals surface area contributed by atoms with Gasteiger partial charge in [0.15, 0.2) is 12.6 Å². The van der Waals surface area contributed by atoms with Crippen LogP contribution in [0.5, 0.6) is 5.75 Å². The summed E-state index contributed by atoms with van der Waals surface area (Å²) in [6, 6.07) is 3.85. The minimum absolute atomic E-state index is 0.0500. The van der Waals surface area contributed by atoms with Crippen LogP contribution in [0.4, 0.5) is 0 Å². The van der Waals surface area contributed by atoms with E-state index >= 15 is 0 Å². The lowest BCUT2D eigenvalue weighted by Gasteiger charge is -2.18. The van der Waals surface area contributed by atoms with Gasteiger partial charge in [-0.25, -0.2) is 0 Å². The fourth-order valence-corrected chi connectivity index (χ4v) is 2.35. The second-order valence-electron chi connectivity index (χ2n) is 5.18. The van der Waals surface area contributed by atoms with Gasteiger partial charge in [-0.1, -0.05) is 19.6 Å². The summed E-state index contributed by atoms with van der Waals surface area (Å²) in [6.07, 6.45) is 1.99. The summed E-state index contributed by atoms with van der Waals surface area (Å²) in [7, 11) is 3.23. The zero-order chi connectivity index (χ0) is 16.5. The Kier molecular flexibility index (Phi) is 7.85. The van der Waals surface area contributed by atoms with E-state index in [1.54, 1.807) is 14.2 Å². The first kappa shape index (κ1) is 18.4. The SMILES string of the molecule is C=C(C(=O)CCC)c1c(OCOC)ccc(C)c1CCOC. The van der Waals surface area contributed by atoms with Gasteiger partial charge in [0.05, 0.1) is 6.61 Å². The first-order valence-corrected chi connectivity index (χ1v) is 7.52. The fourth-order valence-electron chi connectivity index (χ4n) is 2.35. The van der Waals surface area contributed by atoms with Crippen LogP contribution in [0.15, 0.2) is 18.7 Å². The minimum atomic E-state index is 0.0500. The highest BCUT2D eigenvalue weighted by Crippen LogP contribution is 2.33. The monoisotopic (exact) mass is 306 g/mol. The van der Waals surface area contributed by atoms with Crippen LogP contribution in [0.3, 0.4) is 0 Å². The molecule has 22 heavy (non-hydrogen) atoms. The second kappa shape index (κ2) is 9.38. The van der Waals surface area contributed by atoms with E-state index in [-0.39, 0.29) is 12.6 Å². The zero-order valence-electron chi connectivity index (χ0n) is 14.0. The molecule has 1 rings (SSSR count). The lowest BCUT2D eigenvalue weighted by atomic mass is 9.90. The molecule has 0 aliphatic heterocycles. The van der Waals surface area contributed by atoms with Gasteiger partial charge in [0, 0.05) is 31.8 Å². The van der Waals surface area contributed by atoms with Crippen LogP contribution >= 0.6 is 0 Å². The molecule has 0 heterocycles. The maximum Gasteiger partial charge on any atom is 0.188 e. The molecule has 0 N–H and O–H groups in total. The molecular formula is C18H26O4. The number of carbonyl (C=O) groups excluding carboxylic acids is 1. The molecule has 0 aliphatic carbocycles. The fraction of sp³-hybridized carbons (Fsp3) is 0.500. The molecule has 1 aromatic rings. The van der Waals surface area contributed by atoms with Crippen molar-refractivity contribution >= 4 is 11.4 Å². The maximum absolute atomic E-state index is 12.3. The summed E-state index contributed by atoms with van der Waals surface area (Å²) in [5, 5.41) is 0. The molecule has 122 valence electrons. The van der Waals surface area contributed by atoms with Gasteiger partial charge in [0.25, 0.3) is 0 Å². The van der Waals surface area contributed by atoms with Crippen molar-refractivity contribution in [2.24, 2.45) is 0 Å². The molecular weight excluding hydrogens is 280 g/mol. The summed E-state index contributed by atoms with van der Waals surface area (Å²) < 4.78 is 15.8. The minimum Gasteiger partial charge on any atom is -0.467 e. The van der Waals surface area contributed by atoms with Gasteiger partial charge in [0.2, 0.25) is 0 Å². The van der Waals surface area contributed by atoms with Gasteiger partial charge < -0.3 is 14.2 Å². The second-order valence-corrected chi connectivity index (χ2v) is 5.18. The zero-order valence-corrected chi connectivity index (χ0v) is 14.0. The Balaban J connectivity index is 3.28. The number of ether oxygens (including phenoxy) is 3. The highest BCUT2D eigenvalue weighted by Gasteiger charge is 2.19. The van der Waals surface area contributed by atoms with E-state index in [2.05, 4.69) is 6.58 Å². The Morgan fingerprint density at radius 2 is 1.95 bits per heavy atom. The highest BCUT2D eigenvalue weighted by molar-refractivity contribution is 6.21. The smallest absolute Gasteiger partial charge is 0.188 e. The third-order valence-electron chi connectivity index (χ3n) is 3.51. The molecule has 0 fully saturated rings. The number of ketones is 1. The van der Waals surface area contributed by atoms with Crippen molar-refractivity contribution in [3.8, 4) is 5.75 Å². The van der Waals surface area contributed by atoms with E-state index in [1.165, 1.54) is 0 Å². The Hall–Kier alpha value is -1.65. The van der Waals surface area contributed by atoms with Crippen LogP contribution in [0.2, 0.25) is 0 Å². The van der Waals surface area contributed by atoms with Gasteiger partial charge >= 0.3 is 0 Å². The van der Waals surface area contributed by atoms with Crippen molar-refractivity contribution < 1.29 is 19.0 Å². The molecule has 0 saturated carbocycles. The first-order valence-electron chi connectivity index (χ1n) is 7.52. The largest absolute Gasteiger partial charge is 0.467 e. The van der Waals surface area contributed by atoms with Gasteiger partial charge in [-0.3, -0.25) is 4.79 Å². The van der Waals surface area contributed by atoms with Gasteiger partial charge in [0.1, 0.15) is 5.75 Å². The summed E-state index contributed by atoms with van der Waals surface area (Å²) in [5.74, 6) is 0.682.